The molecular formula is C27H33F3N4O2. The molecule has 2 atom stereocenters. The molecule has 194 valence electrons. The Morgan fingerprint density at radius 3 is 2.64 bits per heavy atom. The minimum Gasteiger partial charge on any atom is -0.393 e. The number of aliphatic hydroxyl groups is 1. The number of alkyl halides is 3. The van der Waals surface area contributed by atoms with Gasteiger partial charge in [0.15, 0.2) is 5.65 Å². The van der Waals surface area contributed by atoms with Gasteiger partial charge in [0.05, 0.1) is 36.3 Å². The lowest BCUT2D eigenvalue weighted by Crippen LogP contribution is -2.37. The van der Waals surface area contributed by atoms with Crippen molar-refractivity contribution >= 4 is 11.5 Å². The molecule has 1 aliphatic carbocycles. The predicted molar refractivity (Wildman–Crippen MR) is 131 cm³/mol. The molecule has 6 nitrogen and oxygen atoms in total. The molecule has 1 saturated carbocycles. The standard InChI is InChI=1S/C27H33F3N4O2/c1-17-13-25(33-9-11-36-12-10-33)32-34-24(16-20-6-4-8-22(18(20)2)27(28,29)30)23(31-26(17)34)15-19-5-3-7-21(35)14-19/h4,6,8,13,19,21,35H,3,5,7,9-12,14-16H2,1-2H3. The maximum Gasteiger partial charge on any atom is 0.416 e. The maximum atomic E-state index is 13.6. The lowest BCUT2D eigenvalue weighted by molar-refractivity contribution is -0.138. The zero-order chi connectivity index (χ0) is 25.4. The van der Waals surface area contributed by atoms with Crippen molar-refractivity contribution in [2.24, 2.45) is 5.92 Å². The third-order valence-electron chi connectivity index (χ3n) is 7.61. The molecule has 0 spiro atoms. The van der Waals surface area contributed by atoms with Crippen LogP contribution in [0.4, 0.5) is 19.0 Å². The summed E-state index contributed by atoms with van der Waals surface area (Å²) in [5.41, 5.74) is 3.64. The number of aliphatic hydroxyl groups excluding tert-OH is 1. The Labute approximate surface area is 209 Å². The Kier molecular flexibility index (Phi) is 6.96. The fourth-order valence-corrected chi connectivity index (χ4v) is 5.61. The number of halogens is 3. The number of hydrogen-bond acceptors (Lipinski definition) is 5. The molecule has 9 heteroatoms. The van der Waals surface area contributed by atoms with E-state index in [0.29, 0.717) is 37.5 Å². The maximum absolute atomic E-state index is 13.6. The second-order valence-corrected chi connectivity index (χ2v) is 10.2. The molecule has 2 unspecified atom stereocenters. The van der Waals surface area contributed by atoms with Crippen molar-refractivity contribution in [1.82, 2.24) is 14.6 Å². The Morgan fingerprint density at radius 2 is 1.92 bits per heavy atom. The molecule has 1 saturated heterocycles. The first-order valence-corrected chi connectivity index (χ1v) is 12.7. The number of fused-ring (bicyclic) bond motifs is 1. The van der Waals surface area contributed by atoms with Gasteiger partial charge in [-0.1, -0.05) is 18.6 Å². The summed E-state index contributed by atoms with van der Waals surface area (Å²) in [6.07, 6.45) is -0.191. The van der Waals surface area contributed by atoms with E-state index in [-0.39, 0.29) is 11.7 Å². The Bertz CT molecular complexity index is 1230. The van der Waals surface area contributed by atoms with Gasteiger partial charge >= 0.3 is 6.18 Å². The number of nitrogens with zero attached hydrogens (tertiary/aromatic N) is 4. The average Bonchev–Trinajstić information content (AvgIpc) is 3.17. The lowest BCUT2D eigenvalue weighted by atomic mass is 9.84. The molecule has 5 rings (SSSR count). The number of aryl methyl sites for hydroxylation is 1. The molecule has 3 heterocycles. The van der Waals surface area contributed by atoms with Gasteiger partial charge in [-0.2, -0.15) is 13.2 Å². The van der Waals surface area contributed by atoms with E-state index in [1.165, 1.54) is 13.0 Å². The van der Waals surface area contributed by atoms with Crippen molar-refractivity contribution in [1.29, 1.82) is 0 Å². The minimum absolute atomic E-state index is 0.236. The Morgan fingerprint density at radius 1 is 1.14 bits per heavy atom. The van der Waals surface area contributed by atoms with E-state index in [1.54, 1.807) is 6.07 Å². The van der Waals surface area contributed by atoms with Crippen molar-refractivity contribution < 1.29 is 23.0 Å². The second-order valence-electron chi connectivity index (χ2n) is 10.2. The molecular weight excluding hydrogens is 469 g/mol. The number of hydrogen-bond donors (Lipinski definition) is 1. The van der Waals surface area contributed by atoms with Crippen LogP contribution in [0.2, 0.25) is 0 Å². The van der Waals surface area contributed by atoms with Crippen LogP contribution < -0.4 is 4.90 Å². The fraction of sp³-hybridized carbons (Fsp3) is 0.556. The summed E-state index contributed by atoms with van der Waals surface area (Å²) in [5, 5.41) is 15.1. The molecule has 2 aromatic heterocycles. The van der Waals surface area contributed by atoms with Gasteiger partial charge in [0.1, 0.15) is 5.82 Å². The van der Waals surface area contributed by atoms with Crippen LogP contribution in [0.5, 0.6) is 0 Å². The topological polar surface area (TPSA) is 62.9 Å². The first kappa shape index (κ1) is 25.0. The molecule has 2 aliphatic rings. The zero-order valence-electron chi connectivity index (χ0n) is 20.8. The third-order valence-corrected chi connectivity index (χ3v) is 7.61. The van der Waals surface area contributed by atoms with Crippen LogP contribution in [0.3, 0.4) is 0 Å². The van der Waals surface area contributed by atoms with Crippen molar-refractivity contribution in [2.45, 2.75) is 64.7 Å². The van der Waals surface area contributed by atoms with Gasteiger partial charge < -0.3 is 14.7 Å². The molecule has 0 radical (unpaired) electrons. The number of anilines is 1. The van der Waals surface area contributed by atoms with Crippen LogP contribution in [0.15, 0.2) is 24.3 Å². The van der Waals surface area contributed by atoms with E-state index in [4.69, 9.17) is 14.8 Å². The van der Waals surface area contributed by atoms with Crippen LogP contribution in [0.1, 0.15) is 59.3 Å². The van der Waals surface area contributed by atoms with Crippen molar-refractivity contribution in [2.75, 3.05) is 31.2 Å². The normalized spacial score (nSPS) is 21.3. The van der Waals surface area contributed by atoms with E-state index in [2.05, 4.69) is 4.90 Å². The van der Waals surface area contributed by atoms with Crippen LogP contribution in [0, 0.1) is 19.8 Å². The molecule has 3 aromatic rings. The number of ether oxygens (including phenoxy) is 1. The zero-order valence-corrected chi connectivity index (χ0v) is 20.8. The van der Waals surface area contributed by atoms with Crippen LogP contribution in [-0.4, -0.2) is 52.1 Å². The molecule has 1 N–H and O–H groups in total. The van der Waals surface area contributed by atoms with Gasteiger partial charge in [0.2, 0.25) is 0 Å². The highest BCUT2D eigenvalue weighted by atomic mass is 19.4. The summed E-state index contributed by atoms with van der Waals surface area (Å²) < 4.78 is 48.2. The van der Waals surface area contributed by atoms with E-state index >= 15 is 0 Å². The smallest absolute Gasteiger partial charge is 0.393 e. The fourth-order valence-electron chi connectivity index (χ4n) is 5.61. The van der Waals surface area contributed by atoms with E-state index < -0.39 is 11.7 Å². The monoisotopic (exact) mass is 502 g/mol. The summed E-state index contributed by atoms with van der Waals surface area (Å²) in [7, 11) is 0. The summed E-state index contributed by atoms with van der Waals surface area (Å²) >= 11 is 0. The second kappa shape index (κ2) is 10.0. The SMILES string of the molecule is Cc1c(Cc2c(CC3CCCC(O)C3)nc3c(C)cc(N4CCOCC4)nn23)cccc1C(F)(F)F. The Balaban J connectivity index is 1.59. The summed E-state index contributed by atoms with van der Waals surface area (Å²) in [6, 6.07) is 6.40. The van der Waals surface area contributed by atoms with Gasteiger partial charge in [0, 0.05) is 19.5 Å². The van der Waals surface area contributed by atoms with Gasteiger partial charge in [-0.3, -0.25) is 0 Å². The quantitative estimate of drug-likeness (QED) is 0.539. The third kappa shape index (κ3) is 5.09. The van der Waals surface area contributed by atoms with Crippen LogP contribution >= 0.6 is 0 Å². The summed E-state index contributed by atoms with van der Waals surface area (Å²) in [5.74, 6) is 1.11. The van der Waals surface area contributed by atoms with Gasteiger partial charge in [0.25, 0.3) is 0 Å². The molecule has 0 bridgehead atoms. The summed E-state index contributed by atoms with van der Waals surface area (Å²) in [6.45, 7) is 6.28. The molecule has 0 amide bonds. The van der Waals surface area contributed by atoms with Gasteiger partial charge in [-0.05, 0) is 74.3 Å². The van der Waals surface area contributed by atoms with Crippen molar-refractivity contribution in [3.63, 3.8) is 0 Å². The van der Waals surface area contributed by atoms with E-state index in [9.17, 15) is 18.3 Å². The first-order chi connectivity index (χ1) is 17.2. The highest BCUT2D eigenvalue weighted by molar-refractivity contribution is 5.56. The van der Waals surface area contributed by atoms with Crippen LogP contribution in [0.25, 0.3) is 5.65 Å². The Hall–Kier alpha value is -2.65. The molecule has 1 aliphatic heterocycles. The van der Waals surface area contributed by atoms with Gasteiger partial charge in [-0.25, -0.2) is 9.50 Å². The van der Waals surface area contributed by atoms with Crippen molar-refractivity contribution in [3.05, 3.63) is 57.9 Å². The van der Waals surface area contributed by atoms with E-state index in [1.807, 2.05) is 17.5 Å². The molecule has 1 aromatic carbocycles. The van der Waals surface area contributed by atoms with Crippen LogP contribution in [-0.2, 0) is 23.8 Å². The molecule has 2 fully saturated rings. The average molecular weight is 503 g/mol. The number of benzene rings is 1. The first-order valence-electron chi connectivity index (χ1n) is 12.7. The van der Waals surface area contributed by atoms with Gasteiger partial charge in [-0.15, -0.1) is 5.10 Å². The highest BCUT2D eigenvalue weighted by Crippen LogP contribution is 2.35. The summed E-state index contributed by atoms with van der Waals surface area (Å²) in [4.78, 5) is 7.14. The number of imidazole rings is 1. The number of aromatic nitrogens is 3. The predicted octanol–water partition coefficient (Wildman–Crippen LogP) is 4.89. The van der Waals surface area contributed by atoms with E-state index in [0.717, 1.165) is 73.3 Å². The lowest BCUT2D eigenvalue weighted by Gasteiger charge is -2.28. The minimum atomic E-state index is -4.40. The number of rotatable bonds is 5. The largest absolute Gasteiger partial charge is 0.416 e. The molecule has 36 heavy (non-hydrogen) atoms. The number of morpholine rings is 1. The highest BCUT2D eigenvalue weighted by Gasteiger charge is 2.33. The van der Waals surface area contributed by atoms with Crippen molar-refractivity contribution in [3.8, 4) is 0 Å².